The average molecular weight is 833 g/mol. The first kappa shape index (κ1) is 36.5. The summed E-state index contributed by atoms with van der Waals surface area (Å²) in [5, 5.41) is 12.3. The zero-order chi connectivity index (χ0) is 42.2. The molecule has 0 aliphatic heterocycles. The summed E-state index contributed by atoms with van der Waals surface area (Å²) in [7, 11) is -2.91. The van der Waals surface area contributed by atoms with Crippen molar-refractivity contribution in [1.29, 1.82) is 0 Å². The normalized spacial score (nSPS) is 12.1. The van der Waals surface area contributed by atoms with E-state index in [0.717, 1.165) is 44.4 Å². The van der Waals surface area contributed by atoms with Crippen molar-refractivity contribution in [3.63, 3.8) is 0 Å². The molecule has 13 aromatic rings. The van der Waals surface area contributed by atoms with Gasteiger partial charge in [-0.1, -0.05) is 200 Å². The number of hydrogen-bond acceptors (Lipinski definition) is 1. The fourth-order valence-electron chi connectivity index (χ4n) is 10.9. The van der Waals surface area contributed by atoms with Crippen LogP contribution >= 0.6 is 0 Å². The minimum Gasteiger partial charge on any atom is -0.456 e. The van der Waals surface area contributed by atoms with Crippen LogP contribution in [0.15, 0.2) is 247 Å². The monoisotopic (exact) mass is 832 g/mol. The molecule has 0 N–H and O–H groups in total. The third-order valence-electron chi connectivity index (χ3n) is 13.5. The maximum absolute atomic E-state index is 7.28. The number of nitrogens with zero attached hydrogens (tertiary/aromatic N) is 2. The van der Waals surface area contributed by atoms with Crippen molar-refractivity contribution < 1.29 is 4.42 Å². The van der Waals surface area contributed by atoms with E-state index in [1.165, 1.54) is 64.4 Å². The molecule has 3 heterocycles. The molecule has 0 aliphatic rings. The molecule has 13 rings (SSSR count). The van der Waals surface area contributed by atoms with Gasteiger partial charge in [-0.05, 0) is 68.8 Å². The van der Waals surface area contributed by atoms with E-state index < -0.39 is 8.07 Å². The van der Waals surface area contributed by atoms with Crippen molar-refractivity contribution >= 4 is 94.4 Å². The van der Waals surface area contributed by atoms with E-state index in [1.54, 1.807) is 0 Å². The number of para-hydroxylation sites is 5. The van der Waals surface area contributed by atoms with Crippen LogP contribution < -0.4 is 20.7 Å². The standard InChI is InChI=1S/C60H40N2OSi/c1-5-21-41(22-6-1)61-52-36-16-14-30-49(52)58-53(61)37-20-38-54(58)62-51-35-15-13-29-45(51)47-32-17-33-48(59(47)62)46-31-18-39-55-57(46)50-34-19-40-56(60(50)63-55)64(42-23-7-2-8-24-42,43-25-9-3-10-26-43)44-27-11-4-12-28-44/h1-40H. The van der Waals surface area contributed by atoms with Gasteiger partial charge in [0.15, 0.2) is 8.07 Å². The number of hydrogen-bond donors (Lipinski definition) is 0. The maximum Gasteiger partial charge on any atom is 0.184 e. The smallest absolute Gasteiger partial charge is 0.184 e. The highest BCUT2D eigenvalue weighted by molar-refractivity contribution is 7.20. The van der Waals surface area contributed by atoms with E-state index in [9.17, 15) is 0 Å². The molecule has 0 spiro atoms. The summed E-state index contributed by atoms with van der Waals surface area (Å²) in [6, 6.07) is 88.8. The number of benzene rings is 10. The summed E-state index contributed by atoms with van der Waals surface area (Å²) >= 11 is 0. The van der Waals surface area contributed by atoms with Gasteiger partial charge in [0.05, 0.1) is 27.8 Å². The fourth-order valence-corrected chi connectivity index (χ4v) is 15.8. The molecular weight excluding hydrogens is 793 g/mol. The second-order valence-electron chi connectivity index (χ2n) is 16.7. The first-order valence-electron chi connectivity index (χ1n) is 22.0. The van der Waals surface area contributed by atoms with Gasteiger partial charge in [0, 0.05) is 43.6 Å². The Hall–Kier alpha value is -8.18. The number of furan rings is 1. The lowest BCUT2D eigenvalue weighted by Crippen LogP contribution is -2.74. The summed E-state index contributed by atoms with van der Waals surface area (Å²) in [4.78, 5) is 0. The summed E-state index contributed by atoms with van der Waals surface area (Å²) in [5.74, 6) is 0. The van der Waals surface area contributed by atoms with Gasteiger partial charge in [-0.15, -0.1) is 0 Å². The Morgan fingerprint density at radius 3 is 1.52 bits per heavy atom. The molecule has 10 aromatic carbocycles. The third kappa shape index (κ3) is 5.21. The summed E-state index contributed by atoms with van der Waals surface area (Å²) in [5.41, 5.74) is 11.1. The highest BCUT2D eigenvalue weighted by atomic mass is 28.3. The summed E-state index contributed by atoms with van der Waals surface area (Å²) < 4.78 is 12.2. The van der Waals surface area contributed by atoms with E-state index >= 15 is 0 Å². The molecule has 0 bridgehead atoms. The van der Waals surface area contributed by atoms with Crippen molar-refractivity contribution in [3.05, 3.63) is 243 Å². The van der Waals surface area contributed by atoms with E-state index in [-0.39, 0.29) is 0 Å². The van der Waals surface area contributed by atoms with Crippen LogP contribution in [0.5, 0.6) is 0 Å². The number of rotatable bonds is 7. The largest absolute Gasteiger partial charge is 0.456 e. The minimum atomic E-state index is -2.91. The molecule has 4 heteroatoms. The molecule has 0 atom stereocenters. The highest BCUT2D eigenvalue weighted by Crippen LogP contribution is 2.45. The molecule has 0 unspecified atom stereocenters. The molecule has 0 saturated carbocycles. The van der Waals surface area contributed by atoms with Crippen LogP contribution in [0.2, 0.25) is 0 Å². The van der Waals surface area contributed by atoms with Crippen molar-refractivity contribution in [2.75, 3.05) is 0 Å². The van der Waals surface area contributed by atoms with Crippen molar-refractivity contribution in [2.45, 2.75) is 0 Å². The van der Waals surface area contributed by atoms with Gasteiger partial charge in [0.1, 0.15) is 11.2 Å². The topological polar surface area (TPSA) is 23.0 Å². The predicted octanol–water partition coefficient (Wildman–Crippen LogP) is 12.8. The van der Waals surface area contributed by atoms with Crippen LogP contribution in [0.3, 0.4) is 0 Å². The Morgan fingerprint density at radius 1 is 0.328 bits per heavy atom. The van der Waals surface area contributed by atoms with E-state index in [1.807, 2.05) is 0 Å². The van der Waals surface area contributed by atoms with E-state index in [4.69, 9.17) is 4.42 Å². The molecule has 300 valence electrons. The Labute approximate surface area is 371 Å². The van der Waals surface area contributed by atoms with Gasteiger partial charge in [-0.25, -0.2) is 0 Å². The van der Waals surface area contributed by atoms with E-state index in [2.05, 4.69) is 252 Å². The van der Waals surface area contributed by atoms with Crippen LogP contribution in [-0.2, 0) is 0 Å². The zero-order valence-corrected chi connectivity index (χ0v) is 35.9. The van der Waals surface area contributed by atoms with Crippen LogP contribution in [0, 0.1) is 0 Å². The molecule has 0 saturated heterocycles. The van der Waals surface area contributed by atoms with E-state index in [0.29, 0.717) is 0 Å². The molecule has 0 fully saturated rings. The van der Waals surface area contributed by atoms with Crippen LogP contribution in [-0.4, -0.2) is 17.2 Å². The molecule has 0 aliphatic carbocycles. The second kappa shape index (κ2) is 14.5. The minimum absolute atomic E-state index is 0.879. The lowest BCUT2D eigenvalue weighted by atomic mass is 9.97. The lowest BCUT2D eigenvalue weighted by molar-refractivity contribution is 0.671. The van der Waals surface area contributed by atoms with Gasteiger partial charge in [0.25, 0.3) is 0 Å². The Morgan fingerprint density at radius 2 is 0.828 bits per heavy atom. The van der Waals surface area contributed by atoms with Crippen LogP contribution in [0.4, 0.5) is 0 Å². The Bertz CT molecular complexity index is 3790. The first-order chi connectivity index (χ1) is 31.8. The Balaban J connectivity index is 1.13. The summed E-state index contributed by atoms with van der Waals surface area (Å²) in [6.07, 6.45) is 0. The third-order valence-corrected chi connectivity index (χ3v) is 18.3. The van der Waals surface area contributed by atoms with Crippen LogP contribution in [0.25, 0.3) is 88.1 Å². The predicted molar refractivity (Wildman–Crippen MR) is 271 cm³/mol. The first-order valence-corrected chi connectivity index (χ1v) is 24.0. The van der Waals surface area contributed by atoms with Gasteiger partial charge in [0.2, 0.25) is 0 Å². The van der Waals surface area contributed by atoms with Gasteiger partial charge < -0.3 is 13.6 Å². The maximum atomic E-state index is 7.28. The zero-order valence-electron chi connectivity index (χ0n) is 34.9. The molecule has 64 heavy (non-hydrogen) atoms. The van der Waals surface area contributed by atoms with Crippen molar-refractivity contribution in [1.82, 2.24) is 9.13 Å². The molecule has 0 radical (unpaired) electrons. The highest BCUT2D eigenvalue weighted by Gasteiger charge is 2.43. The van der Waals surface area contributed by atoms with Gasteiger partial charge in [-0.2, -0.15) is 0 Å². The Kier molecular flexibility index (Phi) is 8.23. The quantitative estimate of drug-likeness (QED) is 0.116. The molecular formula is C60H40N2OSi. The average Bonchev–Trinajstić information content (AvgIpc) is 4.04. The van der Waals surface area contributed by atoms with Gasteiger partial charge >= 0.3 is 0 Å². The molecule has 3 aromatic heterocycles. The molecule has 0 amide bonds. The summed E-state index contributed by atoms with van der Waals surface area (Å²) in [6.45, 7) is 0. The van der Waals surface area contributed by atoms with Gasteiger partial charge in [-0.3, -0.25) is 0 Å². The molecule has 3 nitrogen and oxygen atoms in total. The number of aromatic nitrogens is 2. The van der Waals surface area contributed by atoms with Crippen molar-refractivity contribution in [2.24, 2.45) is 0 Å². The SMILES string of the molecule is c1ccc(-n2c3ccccc3c3c(-n4c5ccccc5c5cccc(-c6cccc7oc8c([Si](c9ccccc9)(c9ccccc9)c9ccccc9)cccc8c67)c54)cccc32)cc1. The van der Waals surface area contributed by atoms with Crippen molar-refractivity contribution in [3.8, 4) is 22.5 Å². The second-order valence-corrected chi connectivity index (χ2v) is 20.5. The number of fused-ring (bicyclic) bond motifs is 9. The van der Waals surface area contributed by atoms with Crippen LogP contribution in [0.1, 0.15) is 0 Å². The fraction of sp³-hybridized carbons (Fsp3) is 0. The lowest BCUT2D eigenvalue weighted by Gasteiger charge is -2.34.